The molecule has 1 aromatic rings. The van der Waals surface area contributed by atoms with E-state index in [1.807, 2.05) is 6.92 Å². The summed E-state index contributed by atoms with van der Waals surface area (Å²) in [6.07, 6.45) is 2.39. The zero-order valence-corrected chi connectivity index (χ0v) is 11.8. The molecule has 0 saturated carbocycles. The number of carbonyl (C=O) groups is 2. The van der Waals surface area contributed by atoms with Crippen molar-refractivity contribution in [2.24, 2.45) is 0 Å². The maximum atomic E-state index is 12.1. The number of rotatable bonds is 3. The number of carbonyl (C=O) groups excluding carboxylic acids is 2. The molecule has 1 saturated heterocycles. The van der Waals surface area contributed by atoms with Crippen LogP contribution in [0.1, 0.15) is 26.0 Å². The van der Waals surface area contributed by atoms with Crippen molar-refractivity contribution in [3.8, 4) is 0 Å². The van der Waals surface area contributed by atoms with Crippen molar-refractivity contribution in [2.45, 2.75) is 39.4 Å². The van der Waals surface area contributed by atoms with Gasteiger partial charge in [-0.3, -0.25) is 4.79 Å². The summed E-state index contributed by atoms with van der Waals surface area (Å²) in [4.78, 5) is 26.9. The molecule has 2 rings (SSSR count). The summed E-state index contributed by atoms with van der Waals surface area (Å²) in [5.74, 6) is -0.116. The molecule has 8 nitrogen and oxygen atoms in total. The summed E-state index contributed by atoms with van der Waals surface area (Å²) in [5.41, 5.74) is 0.701. The van der Waals surface area contributed by atoms with Crippen LogP contribution in [0.3, 0.4) is 0 Å². The Kier molecular flexibility index (Phi) is 4.54. The van der Waals surface area contributed by atoms with Crippen molar-refractivity contribution in [3.05, 3.63) is 11.9 Å². The van der Waals surface area contributed by atoms with Gasteiger partial charge in [-0.1, -0.05) is 0 Å². The Balaban J connectivity index is 1.91. The highest BCUT2D eigenvalue weighted by Gasteiger charge is 2.27. The molecule has 2 heterocycles. The lowest BCUT2D eigenvalue weighted by Gasteiger charge is -2.25. The Labute approximate surface area is 117 Å². The van der Waals surface area contributed by atoms with Gasteiger partial charge in [-0.05, 0) is 20.3 Å². The molecule has 0 bridgehead atoms. The van der Waals surface area contributed by atoms with E-state index in [2.05, 4.69) is 20.8 Å². The third-order valence-electron chi connectivity index (χ3n) is 3.27. The van der Waals surface area contributed by atoms with Gasteiger partial charge in [0.25, 0.3) is 0 Å². The maximum absolute atomic E-state index is 12.1. The van der Waals surface area contributed by atoms with Crippen molar-refractivity contribution < 1.29 is 9.59 Å². The molecular formula is C12H20N6O2. The Morgan fingerprint density at radius 1 is 1.60 bits per heavy atom. The summed E-state index contributed by atoms with van der Waals surface area (Å²) < 4.78 is 0. The molecule has 8 heteroatoms. The molecule has 1 fully saturated rings. The van der Waals surface area contributed by atoms with E-state index in [1.165, 1.54) is 0 Å². The second kappa shape index (κ2) is 6.36. The first-order chi connectivity index (χ1) is 9.61. The number of aryl methyl sites for hydroxylation is 1. The average Bonchev–Trinajstić information content (AvgIpc) is 2.85. The predicted molar refractivity (Wildman–Crippen MR) is 71.7 cm³/mol. The minimum Gasteiger partial charge on any atom is -0.354 e. The summed E-state index contributed by atoms with van der Waals surface area (Å²) in [7, 11) is 0. The van der Waals surface area contributed by atoms with E-state index in [-0.39, 0.29) is 11.9 Å². The minimum absolute atomic E-state index is 0.116. The molecule has 3 amide bonds. The Hall–Kier alpha value is -2.12. The third kappa shape index (κ3) is 3.25. The molecule has 0 aliphatic carbocycles. The molecule has 1 atom stereocenters. The maximum Gasteiger partial charge on any atom is 0.318 e. The SMILES string of the molecule is CCn1ncc(CNC(=O)N2CCCNC(=O)C2C)n1. The first-order valence-corrected chi connectivity index (χ1v) is 6.83. The van der Waals surface area contributed by atoms with E-state index in [9.17, 15) is 9.59 Å². The van der Waals surface area contributed by atoms with Crippen LogP contribution >= 0.6 is 0 Å². The largest absolute Gasteiger partial charge is 0.354 e. The van der Waals surface area contributed by atoms with Gasteiger partial charge in [-0.25, -0.2) is 4.79 Å². The zero-order chi connectivity index (χ0) is 14.5. The molecule has 1 aliphatic rings. The fourth-order valence-corrected chi connectivity index (χ4v) is 2.06. The number of hydrogen-bond acceptors (Lipinski definition) is 4. The van der Waals surface area contributed by atoms with E-state index in [0.717, 1.165) is 6.42 Å². The Morgan fingerprint density at radius 2 is 2.40 bits per heavy atom. The highest BCUT2D eigenvalue weighted by molar-refractivity contribution is 5.87. The van der Waals surface area contributed by atoms with Gasteiger partial charge in [-0.2, -0.15) is 15.0 Å². The third-order valence-corrected chi connectivity index (χ3v) is 3.27. The fraction of sp³-hybridized carbons (Fsp3) is 0.667. The first-order valence-electron chi connectivity index (χ1n) is 6.83. The lowest BCUT2D eigenvalue weighted by atomic mass is 10.3. The number of hydrogen-bond donors (Lipinski definition) is 2. The van der Waals surface area contributed by atoms with E-state index < -0.39 is 6.04 Å². The Bertz CT molecular complexity index is 486. The number of aromatic nitrogens is 3. The molecule has 0 aromatic carbocycles. The average molecular weight is 280 g/mol. The molecule has 1 aromatic heterocycles. The molecule has 0 radical (unpaired) electrons. The smallest absolute Gasteiger partial charge is 0.318 e. The van der Waals surface area contributed by atoms with Gasteiger partial charge in [0, 0.05) is 13.1 Å². The van der Waals surface area contributed by atoms with Gasteiger partial charge < -0.3 is 15.5 Å². The van der Waals surface area contributed by atoms with Crippen molar-refractivity contribution in [1.29, 1.82) is 0 Å². The fourth-order valence-electron chi connectivity index (χ4n) is 2.06. The van der Waals surface area contributed by atoms with Crippen LogP contribution in [0.5, 0.6) is 0 Å². The molecule has 1 unspecified atom stereocenters. The topological polar surface area (TPSA) is 92.2 Å². The highest BCUT2D eigenvalue weighted by Crippen LogP contribution is 2.05. The van der Waals surface area contributed by atoms with Gasteiger partial charge in [0.05, 0.1) is 19.3 Å². The van der Waals surface area contributed by atoms with Gasteiger partial charge in [0.2, 0.25) is 5.91 Å². The first kappa shape index (κ1) is 14.3. The monoisotopic (exact) mass is 280 g/mol. The molecule has 110 valence electrons. The number of nitrogens with zero attached hydrogens (tertiary/aromatic N) is 4. The van der Waals surface area contributed by atoms with Crippen LogP contribution < -0.4 is 10.6 Å². The van der Waals surface area contributed by atoms with Crippen molar-refractivity contribution in [3.63, 3.8) is 0 Å². The zero-order valence-electron chi connectivity index (χ0n) is 11.8. The molecule has 0 spiro atoms. The number of urea groups is 1. The summed E-state index contributed by atoms with van der Waals surface area (Å²) >= 11 is 0. The Morgan fingerprint density at radius 3 is 3.10 bits per heavy atom. The summed E-state index contributed by atoms with van der Waals surface area (Å²) in [6.45, 7) is 5.85. The molecule has 1 aliphatic heterocycles. The number of nitrogens with one attached hydrogen (secondary N) is 2. The van der Waals surface area contributed by atoms with Crippen molar-refractivity contribution in [2.75, 3.05) is 13.1 Å². The van der Waals surface area contributed by atoms with Crippen LogP contribution in [-0.2, 0) is 17.9 Å². The van der Waals surface area contributed by atoms with Crippen LogP contribution in [0.2, 0.25) is 0 Å². The summed E-state index contributed by atoms with van der Waals surface area (Å²) in [6, 6.07) is -0.704. The van der Waals surface area contributed by atoms with Crippen LogP contribution in [-0.4, -0.2) is 51.0 Å². The molecular weight excluding hydrogens is 260 g/mol. The van der Waals surface area contributed by atoms with Crippen LogP contribution in [0, 0.1) is 0 Å². The van der Waals surface area contributed by atoms with Gasteiger partial charge in [0.15, 0.2) is 0 Å². The lowest BCUT2D eigenvalue weighted by Crippen LogP contribution is -2.49. The van der Waals surface area contributed by atoms with Gasteiger partial charge >= 0.3 is 6.03 Å². The van der Waals surface area contributed by atoms with Crippen LogP contribution in [0.15, 0.2) is 6.20 Å². The van der Waals surface area contributed by atoms with Crippen LogP contribution in [0.25, 0.3) is 0 Å². The molecule has 20 heavy (non-hydrogen) atoms. The van der Waals surface area contributed by atoms with E-state index in [0.29, 0.717) is 31.9 Å². The van der Waals surface area contributed by atoms with E-state index in [1.54, 1.807) is 22.8 Å². The van der Waals surface area contributed by atoms with Crippen LogP contribution in [0.4, 0.5) is 4.79 Å². The lowest BCUT2D eigenvalue weighted by molar-refractivity contribution is -0.124. The van der Waals surface area contributed by atoms with Crippen molar-refractivity contribution in [1.82, 2.24) is 30.5 Å². The van der Waals surface area contributed by atoms with Crippen molar-refractivity contribution >= 4 is 11.9 Å². The number of amides is 3. The van der Waals surface area contributed by atoms with E-state index in [4.69, 9.17) is 0 Å². The van der Waals surface area contributed by atoms with Gasteiger partial charge in [0.1, 0.15) is 11.7 Å². The molecule has 2 N–H and O–H groups in total. The predicted octanol–water partition coefficient (Wildman–Crippen LogP) is -0.282. The highest BCUT2D eigenvalue weighted by atomic mass is 16.2. The second-order valence-electron chi connectivity index (χ2n) is 4.70. The standard InChI is InChI=1S/C12H20N6O2/c1-3-18-15-8-10(16-18)7-14-12(20)17-6-4-5-13-11(19)9(17)2/h8-9H,3-7H2,1-2H3,(H,13,19)(H,14,20). The summed E-state index contributed by atoms with van der Waals surface area (Å²) in [5, 5.41) is 13.8. The van der Waals surface area contributed by atoms with E-state index >= 15 is 0 Å². The van der Waals surface area contributed by atoms with Gasteiger partial charge in [-0.15, -0.1) is 0 Å². The quantitative estimate of drug-likeness (QED) is 0.796. The second-order valence-corrected chi connectivity index (χ2v) is 4.70. The minimum atomic E-state index is -0.455. The normalized spacial score (nSPS) is 19.4.